The van der Waals surface area contributed by atoms with E-state index in [4.69, 9.17) is 16.3 Å². The molecule has 0 bridgehead atoms. The number of terminal acetylenes is 1. The second-order valence-electron chi connectivity index (χ2n) is 8.50. The maximum Gasteiger partial charge on any atom is 1.00 e. The molecule has 13 heteroatoms. The van der Waals surface area contributed by atoms with Crippen molar-refractivity contribution in [2.75, 3.05) is 20.0 Å². The maximum atomic E-state index is 11.8. The number of unbranched alkanes of at least 4 members (excludes halogenated alkanes) is 9. The number of hydrogen-bond acceptors (Lipinski definition) is 10. The van der Waals surface area contributed by atoms with Gasteiger partial charge in [-0.1, -0.05) is 64.7 Å². The topological polar surface area (TPSA) is 145 Å². The number of esters is 1. The van der Waals surface area contributed by atoms with Crippen molar-refractivity contribution in [1.82, 2.24) is 0 Å². The Kier molecular flexibility index (Phi) is 44.2. The fourth-order valence-electron chi connectivity index (χ4n) is 2.92. The van der Waals surface area contributed by atoms with Crippen molar-refractivity contribution >= 4 is 30.7 Å². The SMILES string of the molecule is C#CC#CC#CC#CC#CC#CC#CSC(C)=O.CCCCCCCCCCCCC(=O)O[C@@H](COCO)COP(=O)([O-])[O-].[HH].[HH].[HH].[HH].[HH].[HH].[HH].[HH].[HH].[HH].[HH].[Na+].[Na+]. The van der Waals surface area contributed by atoms with E-state index in [0.717, 1.165) is 31.0 Å². The summed E-state index contributed by atoms with van der Waals surface area (Å²) in [5.41, 5.74) is 0. The predicted octanol–water partition coefficient (Wildman–Crippen LogP) is -0.388. The van der Waals surface area contributed by atoms with Crippen LogP contribution in [0.3, 0.4) is 0 Å². The van der Waals surface area contributed by atoms with Gasteiger partial charge in [0.15, 0.2) is 5.12 Å². The van der Waals surface area contributed by atoms with Crippen molar-refractivity contribution in [1.29, 1.82) is 0 Å². The quantitative estimate of drug-likeness (QED) is 0.0500. The van der Waals surface area contributed by atoms with Crippen LogP contribution in [0.25, 0.3) is 0 Å². The van der Waals surface area contributed by atoms with Gasteiger partial charge < -0.3 is 33.5 Å². The monoisotopic (exact) mass is 708 g/mol. The summed E-state index contributed by atoms with van der Waals surface area (Å²) in [6.45, 7) is 2.15. The third-order valence-electron chi connectivity index (χ3n) is 4.79. The van der Waals surface area contributed by atoms with Crippen molar-refractivity contribution in [3.05, 3.63) is 0 Å². The molecule has 1 atom stereocenters. The van der Waals surface area contributed by atoms with E-state index in [9.17, 15) is 23.9 Å². The molecule has 0 aromatic heterocycles. The number of rotatable bonds is 18. The van der Waals surface area contributed by atoms with Crippen LogP contribution in [0.2, 0.25) is 0 Å². The number of phosphoric acid groups is 1. The van der Waals surface area contributed by atoms with Crippen molar-refractivity contribution in [3.8, 4) is 82.7 Å². The summed E-state index contributed by atoms with van der Waals surface area (Å²) in [7, 11) is -5.15. The van der Waals surface area contributed by atoms with Crippen LogP contribution in [-0.4, -0.2) is 42.3 Å². The molecule has 0 saturated heterocycles. The molecule has 0 unspecified atom stereocenters. The molecule has 46 heavy (non-hydrogen) atoms. The van der Waals surface area contributed by atoms with E-state index in [1.807, 2.05) is 0 Å². The van der Waals surface area contributed by atoms with E-state index in [1.54, 1.807) is 0 Å². The van der Waals surface area contributed by atoms with Crippen molar-refractivity contribution in [2.24, 2.45) is 0 Å². The Labute approximate surface area is 339 Å². The molecule has 0 aliphatic carbocycles. The number of thioether (sulfide) groups is 1. The molecule has 258 valence electrons. The number of carbonyl (C=O) groups is 2. The van der Waals surface area contributed by atoms with Gasteiger partial charge in [0.1, 0.15) is 12.9 Å². The first-order chi connectivity index (χ1) is 21.2. The second-order valence-corrected chi connectivity index (χ2v) is 10.6. The van der Waals surface area contributed by atoms with E-state index in [0.29, 0.717) is 6.42 Å². The van der Waals surface area contributed by atoms with Gasteiger partial charge >= 0.3 is 65.1 Å². The van der Waals surface area contributed by atoms with E-state index in [-0.39, 0.29) is 93.0 Å². The molecular weight excluding hydrogens is 649 g/mol. The summed E-state index contributed by atoms with van der Waals surface area (Å²) in [6, 6.07) is 0. The maximum absolute atomic E-state index is 11.8. The van der Waals surface area contributed by atoms with Gasteiger partial charge in [-0.25, -0.2) is 0 Å². The first-order valence-corrected chi connectivity index (χ1v) is 16.1. The fourth-order valence-corrected chi connectivity index (χ4v) is 3.51. The number of hydrogen-bond donors (Lipinski definition) is 1. The Morgan fingerprint density at radius 2 is 1.26 bits per heavy atom. The Bertz CT molecular complexity index is 1360. The van der Waals surface area contributed by atoms with Crippen LogP contribution >= 0.6 is 19.6 Å². The zero-order valence-electron chi connectivity index (χ0n) is 27.1. The Hall–Kier alpha value is -1.56. The van der Waals surface area contributed by atoms with Gasteiger partial charge in [-0.2, -0.15) is 0 Å². The molecule has 0 aromatic rings. The molecule has 0 rings (SSSR count). The van der Waals surface area contributed by atoms with Crippen LogP contribution in [0.5, 0.6) is 0 Å². The number of ether oxygens (including phenoxy) is 2. The van der Waals surface area contributed by atoms with Gasteiger partial charge in [0, 0.05) is 40.8 Å². The first kappa shape index (κ1) is 51.3. The van der Waals surface area contributed by atoms with E-state index >= 15 is 0 Å². The molecule has 0 fully saturated rings. The smallest absolute Gasteiger partial charge is 0.790 e. The molecule has 1 N–H and O–H groups in total. The summed E-state index contributed by atoms with van der Waals surface area (Å²) in [5, 5.41) is 11.0. The number of aliphatic hydroxyl groups excluding tert-OH is 1. The number of carbonyl (C=O) groups excluding carboxylic acids is 2. The second kappa shape index (κ2) is 39.6. The van der Waals surface area contributed by atoms with Gasteiger partial charge in [0.05, 0.1) is 21.0 Å². The number of phosphoric ester groups is 1. The zero-order chi connectivity index (χ0) is 33.2. The predicted molar refractivity (Wildman–Crippen MR) is 190 cm³/mol. The van der Waals surface area contributed by atoms with Gasteiger partial charge in [-0.3, -0.25) is 9.59 Å². The fraction of sp³-hybridized carbons (Fsp3) is 0.515. The normalized spacial score (nSPS) is 9.22. The average molecular weight is 709 g/mol. The minimum Gasteiger partial charge on any atom is -0.790 e. The average Bonchev–Trinajstić information content (AvgIpc) is 2.97. The molecule has 0 amide bonds. The van der Waals surface area contributed by atoms with Crippen LogP contribution in [0.15, 0.2) is 0 Å². The van der Waals surface area contributed by atoms with Crippen LogP contribution in [0.1, 0.15) is 100 Å². The third kappa shape index (κ3) is 46.9. The summed E-state index contributed by atoms with van der Waals surface area (Å²) in [6.07, 6.45) is 15.5. The molecule has 0 saturated carbocycles. The zero-order valence-corrected chi connectivity index (χ0v) is 32.8. The van der Waals surface area contributed by atoms with Crippen molar-refractivity contribution < 1.29 is 118 Å². The van der Waals surface area contributed by atoms with Crippen LogP contribution in [0.4, 0.5) is 0 Å². The minimum absolute atomic E-state index is 0. The standard InChI is InChI=1S/C17H35O8P.C16H4OS.2Na.11H2/c1-2-3-4-5-6-7-8-9-10-11-12-17(19)25-16(13-23-15-18)14-24-26(20,21)22;1-3-4-5-6-7-8-9-10-11-12-13-14-15-18-16(2)17;;;;;;;;;;;;;/h16,18H,2-15H2,1H3,(H2,20,21,22);1H,2H3;;;11*1H/q;;2*+1;;;;;;;;;;;/p-2/t16-;;;;;;;;;;;;;;/m0............../s1. The van der Waals surface area contributed by atoms with Gasteiger partial charge in [0.2, 0.25) is 0 Å². The number of aliphatic hydroxyl groups is 1. The van der Waals surface area contributed by atoms with Gasteiger partial charge in [-0.15, -0.1) is 6.42 Å². The summed E-state index contributed by atoms with van der Waals surface area (Å²) < 4.78 is 24.3. The molecule has 0 heterocycles. The summed E-state index contributed by atoms with van der Waals surface area (Å²) in [4.78, 5) is 43.2. The molecule has 0 aliphatic rings. The van der Waals surface area contributed by atoms with Crippen LogP contribution in [-0.2, 0) is 28.2 Å². The molecule has 0 aliphatic heterocycles. The van der Waals surface area contributed by atoms with Gasteiger partial charge in [-0.05, 0) is 82.7 Å². The molecule has 0 radical (unpaired) electrons. The van der Waals surface area contributed by atoms with Crippen LogP contribution < -0.4 is 68.9 Å². The van der Waals surface area contributed by atoms with Crippen LogP contribution in [0, 0.1) is 82.7 Å². The Morgan fingerprint density at radius 1 is 0.804 bits per heavy atom. The van der Waals surface area contributed by atoms with Crippen molar-refractivity contribution in [3.63, 3.8) is 0 Å². The third-order valence-corrected chi connectivity index (χ3v) is 5.75. The molecule has 0 aromatic carbocycles. The van der Waals surface area contributed by atoms with E-state index in [1.165, 1.54) is 45.4 Å². The van der Waals surface area contributed by atoms with E-state index < -0.39 is 33.3 Å². The largest absolute Gasteiger partial charge is 1.00 e. The Balaban J connectivity index is -0.0000000401. The molecular formula is C33H59Na2O9PS. The van der Waals surface area contributed by atoms with Crippen molar-refractivity contribution in [2.45, 2.75) is 90.6 Å². The van der Waals surface area contributed by atoms with E-state index in [2.05, 4.69) is 92.5 Å². The molecule has 9 nitrogen and oxygen atoms in total. The Morgan fingerprint density at radius 3 is 1.70 bits per heavy atom. The van der Waals surface area contributed by atoms with Gasteiger partial charge in [0.25, 0.3) is 0 Å². The first-order valence-electron chi connectivity index (χ1n) is 13.8. The minimum atomic E-state index is -5.15. The summed E-state index contributed by atoms with van der Waals surface area (Å²) >= 11 is 0.889. The summed E-state index contributed by atoms with van der Waals surface area (Å²) in [5.74, 6) is 28.4. The molecule has 0 spiro atoms.